The third kappa shape index (κ3) is 1.09. The molecule has 0 radical (unpaired) electrons. The van der Waals surface area contributed by atoms with Gasteiger partial charge in [-0.25, -0.2) is 0 Å². The van der Waals surface area contributed by atoms with Gasteiger partial charge >= 0.3 is 0 Å². The second kappa shape index (κ2) is 2.50. The first kappa shape index (κ1) is 9.09. The first-order chi connectivity index (χ1) is 5.37. The van der Waals surface area contributed by atoms with Gasteiger partial charge in [-0.1, -0.05) is 0 Å². The highest BCUT2D eigenvalue weighted by molar-refractivity contribution is 5.41. The van der Waals surface area contributed by atoms with Crippen LogP contribution in [0.15, 0.2) is 23.0 Å². The largest absolute Gasteiger partial charge is 0.401 e. The fraction of sp³-hybridized carbons (Fsp3) is 0.500. The Kier molecular flexibility index (Phi) is 1.89. The van der Waals surface area contributed by atoms with Crippen LogP contribution in [0.2, 0.25) is 0 Å². The molecular formula is C8H16N4. The summed E-state index contributed by atoms with van der Waals surface area (Å²) in [7, 11) is 0. The maximum Gasteiger partial charge on any atom is 0.0739 e. The quantitative estimate of drug-likeness (QED) is 0.377. The topological polar surface area (TPSA) is 104 Å². The molecule has 12 heavy (non-hydrogen) atoms. The molecule has 0 heterocycles. The van der Waals surface area contributed by atoms with Gasteiger partial charge in [0.25, 0.3) is 0 Å². The second-order valence-electron chi connectivity index (χ2n) is 3.50. The molecule has 0 aliphatic heterocycles. The lowest BCUT2D eigenvalue weighted by Gasteiger charge is -2.36. The zero-order chi connectivity index (χ0) is 9.52. The molecule has 1 rings (SSSR count). The summed E-state index contributed by atoms with van der Waals surface area (Å²) < 4.78 is 0. The summed E-state index contributed by atoms with van der Waals surface area (Å²) in [5, 5.41) is 0. The third-order valence-electron chi connectivity index (χ3n) is 2.39. The molecule has 2 atom stereocenters. The standard InChI is InChI=1S/C8H16N4/c1-4-3-5(9)7(11)8(2,12)6(4)10/h3,7H,9-12H2,1-2H3. The summed E-state index contributed by atoms with van der Waals surface area (Å²) in [6.45, 7) is 3.66. The molecule has 1 aliphatic rings. The first-order valence-corrected chi connectivity index (χ1v) is 3.85. The van der Waals surface area contributed by atoms with Crippen molar-refractivity contribution in [2.75, 3.05) is 0 Å². The summed E-state index contributed by atoms with van der Waals surface area (Å²) in [5.41, 5.74) is 24.5. The second-order valence-corrected chi connectivity index (χ2v) is 3.50. The van der Waals surface area contributed by atoms with Crippen molar-refractivity contribution in [3.63, 3.8) is 0 Å². The number of nitrogens with two attached hydrogens (primary N) is 4. The van der Waals surface area contributed by atoms with Gasteiger partial charge in [0.2, 0.25) is 0 Å². The minimum Gasteiger partial charge on any atom is -0.401 e. The minimum absolute atomic E-state index is 0.388. The third-order valence-corrected chi connectivity index (χ3v) is 2.39. The number of allylic oxidation sites excluding steroid dienone is 2. The van der Waals surface area contributed by atoms with Gasteiger partial charge in [0.1, 0.15) is 0 Å². The SMILES string of the molecule is CC1=C(N)C(C)(N)C(N)C(N)=C1. The summed E-state index contributed by atoms with van der Waals surface area (Å²) in [4.78, 5) is 0. The van der Waals surface area contributed by atoms with Gasteiger partial charge in [0.15, 0.2) is 0 Å². The Morgan fingerprint density at radius 2 is 1.92 bits per heavy atom. The van der Waals surface area contributed by atoms with Crippen molar-refractivity contribution >= 4 is 0 Å². The fourth-order valence-electron chi connectivity index (χ4n) is 1.36. The molecule has 0 aromatic rings. The van der Waals surface area contributed by atoms with E-state index in [1.54, 1.807) is 13.0 Å². The monoisotopic (exact) mass is 168 g/mol. The van der Waals surface area contributed by atoms with Crippen molar-refractivity contribution in [2.24, 2.45) is 22.9 Å². The van der Waals surface area contributed by atoms with E-state index in [4.69, 9.17) is 22.9 Å². The lowest BCUT2D eigenvalue weighted by atomic mass is 9.82. The molecule has 8 N–H and O–H groups in total. The molecular weight excluding hydrogens is 152 g/mol. The fourth-order valence-corrected chi connectivity index (χ4v) is 1.36. The molecule has 4 heteroatoms. The Bertz CT molecular complexity index is 262. The molecule has 0 amide bonds. The average Bonchev–Trinajstić information content (AvgIpc) is 1.99. The predicted octanol–water partition coefficient (Wildman–Crippen LogP) is -0.880. The maximum absolute atomic E-state index is 5.92. The molecule has 0 saturated carbocycles. The van der Waals surface area contributed by atoms with Crippen LogP contribution < -0.4 is 22.9 Å². The molecule has 68 valence electrons. The highest BCUT2D eigenvalue weighted by Gasteiger charge is 2.35. The van der Waals surface area contributed by atoms with Crippen molar-refractivity contribution < 1.29 is 0 Å². The molecule has 1 aliphatic carbocycles. The van der Waals surface area contributed by atoms with Crippen LogP contribution in [0.3, 0.4) is 0 Å². The van der Waals surface area contributed by atoms with E-state index in [0.29, 0.717) is 11.4 Å². The number of hydrogen-bond donors (Lipinski definition) is 4. The predicted molar refractivity (Wildman–Crippen MR) is 49.7 cm³/mol. The molecule has 0 saturated heterocycles. The molecule has 2 unspecified atom stereocenters. The Morgan fingerprint density at radius 3 is 2.42 bits per heavy atom. The Labute approximate surface area is 72.3 Å². The van der Waals surface area contributed by atoms with Crippen LogP contribution in [0.1, 0.15) is 13.8 Å². The Morgan fingerprint density at radius 1 is 1.42 bits per heavy atom. The van der Waals surface area contributed by atoms with Crippen molar-refractivity contribution in [2.45, 2.75) is 25.4 Å². The van der Waals surface area contributed by atoms with Gasteiger partial charge in [-0.05, 0) is 25.5 Å². The normalized spacial score (nSPS) is 36.7. The van der Waals surface area contributed by atoms with Crippen LogP contribution in [-0.2, 0) is 0 Å². The molecule has 0 fully saturated rings. The van der Waals surface area contributed by atoms with E-state index >= 15 is 0 Å². The van der Waals surface area contributed by atoms with E-state index in [1.807, 2.05) is 6.92 Å². The van der Waals surface area contributed by atoms with Crippen LogP contribution in [0.4, 0.5) is 0 Å². The summed E-state index contributed by atoms with van der Waals surface area (Å²) in [5.74, 6) is 0. The van der Waals surface area contributed by atoms with E-state index in [9.17, 15) is 0 Å². The highest BCUT2D eigenvalue weighted by Crippen LogP contribution is 2.24. The Hall–Kier alpha value is -1.00. The minimum atomic E-state index is -0.719. The summed E-state index contributed by atoms with van der Waals surface area (Å²) in [6.07, 6.45) is 1.77. The molecule has 4 nitrogen and oxygen atoms in total. The highest BCUT2D eigenvalue weighted by atomic mass is 14.9. The van der Waals surface area contributed by atoms with Crippen LogP contribution in [-0.4, -0.2) is 11.6 Å². The smallest absolute Gasteiger partial charge is 0.0739 e. The van der Waals surface area contributed by atoms with Gasteiger partial charge in [0, 0.05) is 11.4 Å². The van der Waals surface area contributed by atoms with Crippen LogP contribution in [0, 0.1) is 0 Å². The van der Waals surface area contributed by atoms with Crippen LogP contribution >= 0.6 is 0 Å². The molecule has 0 aromatic carbocycles. The average molecular weight is 168 g/mol. The first-order valence-electron chi connectivity index (χ1n) is 3.85. The molecule has 0 spiro atoms. The van der Waals surface area contributed by atoms with E-state index in [-0.39, 0.29) is 6.04 Å². The Balaban J connectivity index is 3.18. The van der Waals surface area contributed by atoms with E-state index in [2.05, 4.69) is 0 Å². The van der Waals surface area contributed by atoms with Crippen molar-refractivity contribution in [3.8, 4) is 0 Å². The number of hydrogen-bond acceptors (Lipinski definition) is 4. The molecule has 0 bridgehead atoms. The lowest BCUT2D eigenvalue weighted by Crippen LogP contribution is -2.59. The summed E-state index contributed by atoms with van der Waals surface area (Å²) >= 11 is 0. The van der Waals surface area contributed by atoms with E-state index in [0.717, 1.165) is 5.57 Å². The number of rotatable bonds is 0. The van der Waals surface area contributed by atoms with Gasteiger partial charge in [0.05, 0.1) is 11.6 Å². The van der Waals surface area contributed by atoms with Crippen LogP contribution in [0.25, 0.3) is 0 Å². The van der Waals surface area contributed by atoms with Crippen molar-refractivity contribution in [1.82, 2.24) is 0 Å². The van der Waals surface area contributed by atoms with Crippen molar-refractivity contribution in [3.05, 3.63) is 23.0 Å². The van der Waals surface area contributed by atoms with Crippen LogP contribution in [0.5, 0.6) is 0 Å². The van der Waals surface area contributed by atoms with Gasteiger partial charge in [-0.3, -0.25) is 0 Å². The zero-order valence-electron chi connectivity index (χ0n) is 7.46. The zero-order valence-corrected chi connectivity index (χ0v) is 7.46. The van der Waals surface area contributed by atoms with Gasteiger partial charge < -0.3 is 22.9 Å². The maximum atomic E-state index is 5.92. The van der Waals surface area contributed by atoms with Crippen molar-refractivity contribution in [1.29, 1.82) is 0 Å². The van der Waals surface area contributed by atoms with Gasteiger partial charge in [-0.15, -0.1) is 0 Å². The van der Waals surface area contributed by atoms with E-state index in [1.165, 1.54) is 0 Å². The van der Waals surface area contributed by atoms with Gasteiger partial charge in [-0.2, -0.15) is 0 Å². The lowest BCUT2D eigenvalue weighted by molar-refractivity contribution is 0.456. The van der Waals surface area contributed by atoms with E-state index < -0.39 is 5.54 Å². The molecule has 0 aromatic heterocycles. The summed E-state index contributed by atoms with van der Waals surface area (Å²) in [6, 6.07) is -0.388.